The molecule has 0 aromatic heterocycles. The summed E-state index contributed by atoms with van der Waals surface area (Å²) in [5, 5.41) is 0.629. The number of benzene rings is 1. The fourth-order valence-corrected chi connectivity index (χ4v) is 3.32. The Balaban J connectivity index is 1.66. The molecule has 24 heavy (non-hydrogen) atoms. The molecule has 1 heterocycles. The lowest BCUT2D eigenvalue weighted by Gasteiger charge is -2.37. The second kappa shape index (κ2) is 7.36. The molecule has 0 bridgehead atoms. The summed E-state index contributed by atoms with van der Waals surface area (Å²) in [6.45, 7) is -0.0711. The topological polar surface area (TPSA) is 61.8 Å². The lowest BCUT2D eigenvalue weighted by Crippen LogP contribution is -2.41. The Labute approximate surface area is 145 Å². The summed E-state index contributed by atoms with van der Waals surface area (Å²) in [5.41, 5.74) is 1.40. The average Bonchev–Trinajstić information content (AvgIpc) is 2.61. The van der Waals surface area contributed by atoms with E-state index in [1.807, 2.05) is 12.1 Å². The predicted octanol–water partition coefficient (Wildman–Crippen LogP) is 3.01. The molecule has 1 aliphatic carbocycles. The first kappa shape index (κ1) is 17.0. The number of carbonyl (C=O) groups is 2. The van der Waals surface area contributed by atoms with Crippen molar-refractivity contribution >= 4 is 28.9 Å². The molecule has 1 aromatic rings. The number of ketones is 1. The van der Waals surface area contributed by atoms with E-state index in [1.54, 1.807) is 12.1 Å². The standard InChI is InChI=1S/C18H19ClO5/c1-22-17(20)10-23-13-6-7-14-16(8-13)24-9-15(18(14)21)11-2-4-12(19)5-3-11/h2-5,9,13-14,16H,6-8,10H2,1H3. The zero-order chi connectivity index (χ0) is 17.1. The van der Waals surface area contributed by atoms with Crippen molar-refractivity contribution in [3.8, 4) is 0 Å². The molecule has 3 atom stereocenters. The van der Waals surface area contributed by atoms with Gasteiger partial charge in [0.25, 0.3) is 0 Å². The van der Waals surface area contributed by atoms with Crippen molar-refractivity contribution < 1.29 is 23.8 Å². The summed E-state index contributed by atoms with van der Waals surface area (Å²) in [6.07, 6.45) is 3.24. The van der Waals surface area contributed by atoms with Crippen molar-refractivity contribution in [1.82, 2.24) is 0 Å². The van der Waals surface area contributed by atoms with Crippen LogP contribution in [0, 0.1) is 5.92 Å². The number of hydrogen-bond donors (Lipinski definition) is 0. The van der Waals surface area contributed by atoms with Gasteiger partial charge in [0, 0.05) is 11.4 Å². The molecule has 3 unspecified atom stereocenters. The minimum absolute atomic E-state index is 0.0711. The molecule has 3 rings (SSSR count). The van der Waals surface area contributed by atoms with Crippen LogP contribution in [-0.4, -0.2) is 37.7 Å². The fraction of sp³-hybridized carbons (Fsp3) is 0.444. The number of Topliss-reactive ketones (excluding diaryl/α,β-unsaturated/α-hetero) is 1. The molecule has 0 spiro atoms. The van der Waals surface area contributed by atoms with E-state index < -0.39 is 5.97 Å². The Morgan fingerprint density at radius 1 is 1.29 bits per heavy atom. The van der Waals surface area contributed by atoms with E-state index in [9.17, 15) is 9.59 Å². The van der Waals surface area contributed by atoms with Crippen molar-refractivity contribution in [2.45, 2.75) is 31.5 Å². The highest BCUT2D eigenvalue weighted by molar-refractivity contribution is 6.30. The van der Waals surface area contributed by atoms with Crippen molar-refractivity contribution in [2.24, 2.45) is 5.92 Å². The Hall–Kier alpha value is -1.85. The average molecular weight is 351 g/mol. The van der Waals surface area contributed by atoms with Gasteiger partial charge in [-0.2, -0.15) is 0 Å². The third-order valence-corrected chi connectivity index (χ3v) is 4.78. The maximum absolute atomic E-state index is 12.8. The molecule has 0 radical (unpaired) electrons. The molecule has 0 saturated heterocycles. The smallest absolute Gasteiger partial charge is 0.331 e. The van der Waals surface area contributed by atoms with Gasteiger partial charge in [0.2, 0.25) is 0 Å². The Morgan fingerprint density at radius 3 is 2.75 bits per heavy atom. The minimum atomic E-state index is -0.400. The van der Waals surface area contributed by atoms with Gasteiger partial charge in [0.1, 0.15) is 12.7 Å². The van der Waals surface area contributed by atoms with E-state index in [0.29, 0.717) is 23.4 Å². The van der Waals surface area contributed by atoms with Crippen molar-refractivity contribution in [3.63, 3.8) is 0 Å². The van der Waals surface area contributed by atoms with Gasteiger partial charge in [-0.05, 0) is 30.5 Å². The summed E-state index contributed by atoms with van der Waals surface area (Å²) in [7, 11) is 1.33. The Kier molecular flexibility index (Phi) is 5.21. The van der Waals surface area contributed by atoms with Crippen LogP contribution in [0.3, 0.4) is 0 Å². The largest absolute Gasteiger partial charge is 0.496 e. The van der Waals surface area contributed by atoms with Gasteiger partial charge in [-0.1, -0.05) is 23.7 Å². The summed E-state index contributed by atoms with van der Waals surface area (Å²) in [4.78, 5) is 23.9. The van der Waals surface area contributed by atoms with Crippen LogP contribution in [0.4, 0.5) is 0 Å². The molecule has 1 aliphatic heterocycles. The number of hydrogen-bond acceptors (Lipinski definition) is 5. The Morgan fingerprint density at radius 2 is 2.04 bits per heavy atom. The van der Waals surface area contributed by atoms with Crippen LogP contribution in [0.2, 0.25) is 5.02 Å². The van der Waals surface area contributed by atoms with E-state index >= 15 is 0 Å². The van der Waals surface area contributed by atoms with Crippen LogP contribution in [0.5, 0.6) is 0 Å². The first-order valence-corrected chi connectivity index (χ1v) is 8.30. The zero-order valence-corrected chi connectivity index (χ0v) is 14.1. The molecule has 0 amide bonds. The minimum Gasteiger partial charge on any atom is -0.496 e. The first-order chi connectivity index (χ1) is 11.6. The number of halogens is 1. The highest BCUT2D eigenvalue weighted by atomic mass is 35.5. The van der Waals surface area contributed by atoms with Crippen LogP contribution >= 0.6 is 11.6 Å². The monoisotopic (exact) mass is 350 g/mol. The summed E-state index contributed by atoms with van der Waals surface area (Å²) in [6, 6.07) is 7.16. The number of esters is 1. The third-order valence-electron chi connectivity index (χ3n) is 4.53. The summed E-state index contributed by atoms with van der Waals surface area (Å²) in [5.74, 6) is -0.471. The van der Waals surface area contributed by atoms with Crippen molar-refractivity contribution in [1.29, 1.82) is 0 Å². The SMILES string of the molecule is COC(=O)COC1CCC2C(=O)C(c3ccc(Cl)cc3)=COC2C1. The maximum atomic E-state index is 12.8. The van der Waals surface area contributed by atoms with Crippen LogP contribution in [0.15, 0.2) is 30.5 Å². The number of allylic oxidation sites excluding steroid dienone is 1. The van der Waals surface area contributed by atoms with Crippen LogP contribution in [-0.2, 0) is 23.8 Å². The van der Waals surface area contributed by atoms with Gasteiger partial charge in [0.05, 0.1) is 31.0 Å². The van der Waals surface area contributed by atoms with Gasteiger partial charge in [-0.3, -0.25) is 4.79 Å². The molecular formula is C18H19ClO5. The van der Waals surface area contributed by atoms with Crippen molar-refractivity contribution in [3.05, 3.63) is 41.1 Å². The van der Waals surface area contributed by atoms with E-state index in [1.165, 1.54) is 13.4 Å². The highest BCUT2D eigenvalue weighted by Crippen LogP contribution is 2.37. The Bertz CT molecular complexity index is 652. The van der Waals surface area contributed by atoms with Gasteiger partial charge < -0.3 is 14.2 Å². The molecule has 2 aliphatic rings. The van der Waals surface area contributed by atoms with Crippen molar-refractivity contribution in [2.75, 3.05) is 13.7 Å². The van der Waals surface area contributed by atoms with Gasteiger partial charge in [-0.25, -0.2) is 4.79 Å². The van der Waals surface area contributed by atoms with Gasteiger partial charge in [-0.15, -0.1) is 0 Å². The highest BCUT2D eigenvalue weighted by Gasteiger charge is 2.40. The van der Waals surface area contributed by atoms with E-state index in [4.69, 9.17) is 21.1 Å². The van der Waals surface area contributed by atoms with Crippen LogP contribution in [0.25, 0.3) is 5.57 Å². The lowest BCUT2D eigenvalue weighted by atomic mass is 9.78. The van der Waals surface area contributed by atoms with Crippen LogP contribution in [0.1, 0.15) is 24.8 Å². The summed E-state index contributed by atoms with van der Waals surface area (Å²) < 4.78 is 15.9. The van der Waals surface area contributed by atoms with Gasteiger partial charge >= 0.3 is 5.97 Å². The predicted molar refractivity (Wildman–Crippen MR) is 88.4 cm³/mol. The van der Waals surface area contributed by atoms with E-state index in [2.05, 4.69) is 4.74 Å². The molecule has 5 nitrogen and oxygen atoms in total. The number of fused-ring (bicyclic) bond motifs is 1. The molecule has 1 fully saturated rings. The fourth-order valence-electron chi connectivity index (χ4n) is 3.19. The van der Waals surface area contributed by atoms with E-state index in [-0.39, 0.29) is 30.5 Å². The second-order valence-electron chi connectivity index (χ2n) is 6.01. The lowest BCUT2D eigenvalue weighted by molar-refractivity contribution is -0.151. The zero-order valence-electron chi connectivity index (χ0n) is 13.4. The summed E-state index contributed by atoms with van der Waals surface area (Å²) >= 11 is 5.89. The first-order valence-electron chi connectivity index (χ1n) is 7.92. The normalized spacial score (nSPS) is 26.2. The van der Waals surface area contributed by atoms with Gasteiger partial charge in [0.15, 0.2) is 5.78 Å². The molecule has 1 saturated carbocycles. The molecule has 128 valence electrons. The molecule has 6 heteroatoms. The van der Waals surface area contributed by atoms with Crippen LogP contribution < -0.4 is 0 Å². The van der Waals surface area contributed by atoms with E-state index in [0.717, 1.165) is 12.0 Å². The third kappa shape index (κ3) is 3.62. The number of carbonyl (C=O) groups excluding carboxylic acids is 2. The number of methoxy groups -OCH3 is 1. The molecular weight excluding hydrogens is 332 g/mol. The maximum Gasteiger partial charge on any atom is 0.331 e. The number of rotatable bonds is 4. The molecule has 0 N–H and O–H groups in total. The molecule has 1 aromatic carbocycles. The number of ether oxygens (including phenoxy) is 3. The second-order valence-corrected chi connectivity index (χ2v) is 6.44. The quantitative estimate of drug-likeness (QED) is 0.781.